The molecule has 0 saturated heterocycles. The number of thiophene rings is 1. The summed E-state index contributed by atoms with van der Waals surface area (Å²) in [7, 11) is 1.88. The van der Waals surface area contributed by atoms with Gasteiger partial charge in [-0.1, -0.05) is 46.4 Å². The molecule has 0 amide bonds. The highest BCUT2D eigenvalue weighted by molar-refractivity contribution is 7.20. The van der Waals surface area contributed by atoms with Crippen molar-refractivity contribution in [3.63, 3.8) is 0 Å². The molecule has 1 unspecified atom stereocenters. The fourth-order valence-electron chi connectivity index (χ4n) is 1.88. The Morgan fingerprint density at radius 1 is 1.16 bits per heavy atom. The Hall–Kier alpha value is 0.0400. The zero-order valence-corrected chi connectivity index (χ0v) is 13.9. The number of halogens is 4. The van der Waals surface area contributed by atoms with E-state index < -0.39 is 0 Å². The number of rotatable bonds is 4. The average molecular weight is 355 g/mol. The number of nitrogens with one attached hydrogen (secondary N) is 1. The van der Waals surface area contributed by atoms with Crippen LogP contribution in [0.25, 0.3) is 0 Å². The summed E-state index contributed by atoms with van der Waals surface area (Å²) >= 11 is 25.7. The monoisotopic (exact) mass is 353 g/mol. The van der Waals surface area contributed by atoms with Crippen molar-refractivity contribution in [1.29, 1.82) is 0 Å². The Morgan fingerprint density at radius 2 is 1.89 bits per heavy atom. The number of likely N-dealkylation sites (N-methyl/N-ethyl adjacent to an activating group) is 1. The molecule has 1 N–H and O–H groups in total. The summed E-state index contributed by atoms with van der Waals surface area (Å²) in [5.74, 6) is 0. The molecule has 0 aliphatic rings. The minimum absolute atomic E-state index is 0.0483. The predicted octanol–water partition coefficient (Wildman–Crippen LogP) is 5.86. The van der Waals surface area contributed by atoms with Crippen LogP contribution >= 0.6 is 57.7 Å². The minimum Gasteiger partial charge on any atom is -0.313 e. The van der Waals surface area contributed by atoms with Gasteiger partial charge in [0.05, 0.1) is 8.67 Å². The number of hydrogen-bond donors (Lipinski definition) is 1. The van der Waals surface area contributed by atoms with Gasteiger partial charge in [0.15, 0.2) is 0 Å². The second-order valence-corrected chi connectivity index (χ2v) is 7.19. The van der Waals surface area contributed by atoms with Crippen molar-refractivity contribution in [1.82, 2.24) is 5.32 Å². The standard InChI is InChI=1S/C13H11Cl4NS/c1-18-11(9-6-12(16)19-13(9)17)5-7-4-8(14)2-3-10(7)15/h2-4,6,11,18H,5H2,1H3. The van der Waals surface area contributed by atoms with Crippen LogP contribution in [0.4, 0.5) is 0 Å². The highest BCUT2D eigenvalue weighted by Gasteiger charge is 2.18. The first kappa shape index (κ1) is 15.4. The molecule has 0 aliphatic heterocycles. The van der Waals surface area contributed by atoms with Crippen LogP contribution in [0.2, 0.25) is 18.7 Å². The summed E-state index contributed by atoms with van der Waals surface area (Å²) in [6.45, 7) is 0. The highest BCUT2D eigenvalue weighted by atomic mass is 35.5. The van der Waals surface area contributed by atoms with Crippen LogP contribution in [0.3, 0.4) is 0 Å². The normalized spacial score (nSPS) is 12.7. The molecule has 6 heteroatoms. The van der Waals surface area contributed by atoms with E-state index in [1.54, 1.807) is 12.1 Å². The van der Waals surface area contributed by atoms with Gasteiger partial charge in [0.1, 0.15) is 0 Å². The fraction of sp³-hybridized carbons (Fsp3) is 0.231. The van der Waals surface area contributed by atoms with E-state index in [4.69, 9.17) is 46.4 Å². The lowest BCUT2D eigenvalue weighted by atomic mass is 10.0. The first-order valence-corrected chi connectivity index (χ1v) is 7.90. The molecule has 2 aromatic rings. The smallest absolute Gasteiger partial charge is 0.0992 e. The van der Waals surface area contributed by atoms with E-state index in [1.165, 1.54) is 11.3 Å². The summed E-state index contributed by atoms with van der Waals surface area (Å²) in [6, 6.07) is 7.38. The number of benzene rings is 1. The van der Waals surface area contributed by atoms with E-state index in [2.05, 4.69) is 5.32 Å². The zero-order chi connectivity index (χ0) is 14.0. The molecule has 19 heavy (non-hydrogen) atoms. The molecule has 1 nitrogen and oxygen atoms in total. The van der Waals surface area contributed by atoms with Crippen molar-refractivity contribution >= 4 is 57.7 Å². The second-order valence-electron chi connectivity index (χ2n) is 4.06. The summed E-state index contributed by atoms with van der Waals surface area (Å²) in [4.78, 5) is 0. The third kappa shape index (κ3) is 3.78. The molecule has 0 aliphatic carbocycles. The van der Waals surface area contributed by atoms with Crippen LogP contribution in [-0.4, -0.2) is 7.05 Å². The van der Waals surface area contributed by atoms with Gasteiger partial charge in [-0.05, 0) is 43.3 Å². The van der Waals surface area contributed by atoms with Gasteiger partial charge in [-0.15, -0.1) is 11.3 Å². The van der Waals surface area contributed by atoms with Crippen LogP contribution in [0.1, 0.15) is 17.2 Å². The summed E-state index contributed by atoms with van der Waals surface area (Å²) in [6.07, 6.45) is 0.697. The number of hydrogen-bond acceptors (Lipinski definition) is 2. The molecule has 1 aromatic heterocycles. The van der Waals surface area contributed by atoms with E-state index in [1.807, 2.05) is 19.2 Å². The molecular weight excluding hydrogens is 344 g/mol. The Bertz CT molecular complexity index is 582. The van der Waals surface area contributed by atoms with Crippen LogP contribution in [0, 0.1) is 0 Å². The van der Waals surface area contributed by atoms with E-state index in [0.29, 0.717) is 25.1 Å². The lowest BCUT2D eigenvalue weighted by Crippen LogP contribution is -2.18. The Kier molecular flexibility index (Phi) is 5.41. The zero-order valence-electron chi connectivity index (χ0n) is 10.0. The van der Waals surface area contributed by atoms with Gasteiger partial charge in [-0.3, -0.25) is 0 Å². The van der Waals surface area contributed by atoms with Gasteiger partial charge in [0.25, 0.3) is 0 Å². The first-order chi connectivity index (χ1) is 9.01. The van der Waals surface area contributed by atoms with E-state index in [-0.39, 0.29) is 6.04 Å². The molecule has 102 valence electrons. The van der Waals surface area contributed by atoms with E-state index in [0.717, 1.165) is 11.1 Å². The summed E-state index contributed by atoms with van der Waals surface area (Å²) in [5, 5.41) is 4.60. The topological polar surface area (TPSA) is 12.0 Å². The van der Waals surface area contributed by atoms with Crippen LogP contribution in [-0.2, 0) is 6.42 Å². The highest BCUT2D eigenvalue weighted by Crippen LogP contribution is 2.37. The maximum absolute atomic E-state index is 6.19. The minimum atomic E-state index is 0.0483. The SMILES string of the molecule is CNC(Cc1cc(Cl)ccc1Cl)c1cc(Cl)sc1Cl. The molecule has 0 radical (unpaired) electrons. The Balaban J connectivity index is 2.29. The molecule has 2 rings (SSSR count). The lowest BCUT2D eigenvalue weighted by Gasteiger charge is -2.16. The molecular formula is C13H11Cl4NS. The Labute approximate surface area is 136 Å². The first-order valence-electron chi connectivity index (χ1n) is 5.57. The van der Waals surface area contributed by atoms with Gasteiger partial charge in [0, 0.05) is 21.7 Å². The van der Waals surface area contributed by atoms with Crippen molar-refractivity contribution in [3.8, 4) is 0 Å². The van der Waals surface area contributed by atoms with E-state index in [9.17, 15) is 0 Å². The van der Waals surface area contributed by atoms with Crippen LogP contribution < -0.4 is 5.32 Å². The molecule has 1 heterocycles. The fourth-order valence-corrected chi connectivity index (χ4v) is 3.85. The maximum Gasteiger partial charge on any atom is 0.0992 e. The van der Waals surface area contributed by atoms with Crippen LogP contribution in [0.15, 0.2) is 24.3 Å². The molecule has 0 spiro atoms. The third-order valence-corrected chi connectivity index (χ3v) is 4.96. The maximum atomic E-state index is 6.19. The molecule has 0 bridgehead atoms. The van der Waals surface area contributed by atoms with Gasteiger partial charge < -0.3 is 5.32 Å². The van der Waals surface area contributed by atoms with E-state index >= 15 is 0 Å². The van der Waals surface area contributed by atoms with Crippen molar-refractivity contribution in [2.24, 2.45) is 0 Å². The summed E-state index contributed by atoms with van der Waals surface area (Å²) in [5.41, 5.74) is 1.96. The average Bonchev–Trinajstić information content (AvgIpc) is 2.69. The largest absolute Gasteiger partial charge is 0.313 e. The van der Waals surface area contributed by atoms with Crippen molar-refractivity contribution in [3.05, 3.63) is 54.1 Å². The van der Waals surface area contributed by atoms with Crippen molar-refractivity contribution < 1.29 is 0 Å². The Morgan fingerprint density at radius 3 is 2.47 bits per heavy atom. The summed E-state index contributed by atoms with van der Waals surface area (Å²) < 4.78 is 1.37. The molecule has 1 aromatic carbocycles. The van der Waals surface area contributed by atoms with Gasteiger partial charge in [-0.2, -0.15) is 0 Å². The molecule has 0 fully saturated rings. The van der Waals surface area contributed by atoms with Gasteiger partial charge >= 0.3 is 0 Å². The predicted molar refractivity (Wildman–Crippen MR) is 86.3 cm³/mol. The second kappa shape index (κ2) is 6.66. The van der Waals surface area contributed by atoms with Gasteiger partial charge in [-0.25, -0.2) is 0 Å². The molecule has 0 saturated carbocycles. The third-order valence-electron chi connectivity index (χ3n) is 2.84. The van der Waals surface area contributed by atoms with Gasteiger partial charge in [0.2, 0.25) is 0 Å². The lowest BCUT2D eigenvalue weighted by molar-refractivity contribution is 0.594. The van der Waals surface area contributed by atoms with Crippen molar-refractivity contribution in [2.75, 3.05) is 7.05 Å². The quantitative estimate of drug-likeness (QED) is 0.724. The molecule has 1 atom stereocenters. The van der Waals surface area contributed by atoms with Crippen LogP contribution in [0.5, 0.6) is 0 Å². The van der Waals surface area contributed by atoms with Crippen molar-refractivity contribution in [2.45, 2.75) is 12.5 Å².